The Morgan fingerprint density at radius 2 is 1.95 bits per heavy atom. The van der Waals surface area contributed by atoms with E-state index in [1.165, 1.54) is 5.56 Å². The highest BCUT2D eigenvalue weighted by molar-refractivity contribution is 6.29. The van der Waals surface area contributed by atoms with Gasteiger partial charge in [-0.05, 0) is 30.0 Å². The Kier molecular flexibility index (Phi) is 4.00. The first-order chi connectivity index (χ1) is 8.97. The molecule has 0 unspecified atom stereocenters. The number of nitrogens with zero attached hydrogens (tertiary/aromatic N) is 3. The van der Waals surface area contributed by atoms with Gasteiger partial charge in [-0.25, -0.2) is 15.0 Å². The Labute approximate surface area is 118 Å². The molecule has 0 saturated heterocycles. The van der Waals surface area contributed by atoms with Crippen molar-refractivity contribution in [1.29, 1.82) is 0 Å². The summed E-state index contributed by atoms with van der Waals surface area (Å²) in [6.45, 7) is 6.08. The van der Waals surface area contributed by atoms with Crippen LogP contribution in [0.3, 0.4) is 0 Å². The number of rotatable bonds is 3. The maximum absolute atomic E-state index is 5.98. The van der Waals surface area contributed by atoms with Crippen LogP contribution in [0.15, 0.2) is 18.5 Å². The van der Waals surface area contributed by atoms with Gasteiger partial charge in [0.05, 0.1) is 0 Å². The maximum atomic E-state index is 5.98. The number of hydrogen-bond acceptors (Lipinski definition) is 4. The van der Waals surface area contributed by atoms with Crippen LogP contribution in [0.4, 0.5) is 5.82 Å². The second kappa shape index (κ2) is 5.53. The summed E-state index contributed by atoms with van der Waals surface area (Å²) in [5.74, 6) is 1.58. The Bertz CT molecular complexity index is 596. The molecule has 19 heavy (non-hydrogen) atoms. The Morgan fingerprint density at radius 1 is 1.21 bits per heavy atom. The van der Waals surface area contributed by atoms with E-state index in [1.54, 1.807) is 6.20 Å². The molecule has 0 amide bonds. The lowest BCUT2D eigenvalue weighted by Gasteiger charge is -2.13. The Hall–Kier alpha value is -1.68. The van der Waals surface area contributed by atoms with Crippen LogP contribution < -0.4 is 5.73 Å². The fraction of sp³-hybridized carbons (Fsp3) is 0.357. The van der Waals surface area contributed by atoms with E-state index < -0.39 is 0 Å². The number of aromatic nitrogens is 3. The molecule has 0 aliphatic carbocycles. The largest absolute Gasteiger partial charge is 0.383 e. The van der Waals surface area contributed by atoms with Gasteiger partial charge >= 0.3 is 0 Å². The number of aryl methyl sites for hydroxylation is 1. The van der Waals surface area contributed by atoms with Crippen LogP contribution in [0.5, 0.6) is 0 Å². The molecule has 0 aromatic carbocycles. The molecule has 2 rings (SSSR count). The van der Waals surface area contributed by atoms with Crippen molar-refractivity contribution in [3.8, 4) is 0 Å². The van der Waals surface area contributed by atoms with Gasteiger partial charge in [-0.1, -0.05) is 25.4 Å². The third-order valence-electron chi connectivity index (χ3n) is 3.01. The zero-order chi connectivity index (χ0) is 14.0. The van der Waals surface area contributed by atoms with Gasteiger partial charge in [0.15, 0.2) is 0 Å². The monoisotopic (exact) mass is 276 g/mol. The van der Waals surface area contributed by atoms with Crippen LogP contribution in [0.2, 0.25) is 5.15 Å². The molecule has 0 aliphatic rings. The van der Waals surface area contributed by atoms with Gasteiger partial charge in [0.25, 0.3) is 0 Å². The SMILES string of the molecule is Cc1ncc(Cc2cc(Cl)ncc2C(C)C)c(N)n1. The van der Waals surface area contributed by atoms with Crippen LogP contribution in [-0.4, -0.2) is 15.0 Å². The minimum atomic E-state index is 0.382. The van der Waals surface area contributed by atoms with Crippen LogP contribution in [-0.2, 0) is 6.42 Å². The lowest BCUT2D eigenvalue weighted by Crippen LogP contribution is -2.05. The predicted octanol–water partition coefficient (Wildman–Crippen LogP) is 3.13. The highest BCUT2D eigenvalue weighted by atomic mass is 35.5. The van der Waals surface area contributed by atoms with E-state index in [1.807, 2.05) is 19.2 Å². The first kappa shape index (κ1) is 13.7. The van der Waals surface area contributed by atoms with Gasteiger partial charge in [-0.3, -0.25) is 0 Å². The third-order valence-corrected chi connectivity index (χ3v) is 3.22. The molecule has 0 saturated carbocycles. The van der Waals surface area contributed by atoms with Crippen LogP contribution in [0.25, 0.3) is 0 Å². The number of pyridine rings is 1. The third kappa shape index (κ3) is 3.20. The van der Waals surface area contributed by atoms with Crippen LogP contribution in [0.1, 0.15) is 42.3 Å². The van der Waals surface area contributed by atoms with E-state index in [-0.39, 0.29) is 0 Å². The summed E-state index contributed by atoms with van der Waals surface area (Å²) in [7, 11) is 0. The van der Waals surface area contributed by atoms with E-state index in [0.717, 1.165) is 11.1 Å². The lowest BCUT2D eigenvalue weighted by molar-refractivity contribution is 0.837. The van der Waals surface area contributed by atoms with Gasteiger partial charge in [0.1, 0.15) is 16.8 Å². The van der Waals surface area contributed by atoms with Gasteiger partial charge in [0, 0.05) is 24.4 Å². The second-order valence-electron chi connectivity index (χ2n) is 4.87. The van der Waals surface area contributed by atoms with Crippen molar-refractivity contribution in [2.24, 2.45) is 0 Å². The fourth-order valence-corrected chi connectivity index (χ4v) is 2.19. The highest BCUT2D eigenvalue weighted by Crippen LogP contribution is 2.24. The molecule has 2 aromatic rings. The summed E-state index contributed by atoms with van der Waals surface area (Å²) in [6, 6.07) is 1.89. The molecule has 0 aliphatic heterocycles. The molecular weight excluding hydrogens is 260 g/mol. The van der Waals surface area contributed by atoms with Crippen LogP contribution in [0, 0.1) is 6.92 Å². The minimum absolute atomic E-state index is 0.382. The van der Waals surface area contributed by atoms with Crippen molar-refractivity contribution in [3.63, 3.8) is 0 Å². The van der Waals surface area contributed by atoms with Crippen LogP contribution >= 0.6 is 11.6 Å². The van der Waals surface area contributed by atoms with Gasteiger partial charge in [-0.15, -0.1) is 0 Å². The second-order valence-corrected chi connectivity index (χ2v) is 5.25. The standard InChI is InChI=1S/C14H17ClN4/c1-8(2)12-7-18-13(15)5-10(12)4-11-6-17-9(3)19-14(11)16/h5-8H,4H2,1-3H3,(H2,16,17,19). The number of halogens is 1. The molecule has 2 aromatic heterocycles. The summed E-state index contributed by atoms with van der Waals surface area (Å²) in [4.78, 5) is 12.5. The van der Waals surface area contributed by atoms with Crippen molar-refractivity contribution in [1.82, 2.24) is 15.0 Å². The van der Waals surface area contributed by atoms with E-state index in [0.29, 0.717) is 29.1 Å². The average molecular weight is 277 g/mol. The van der Waals surface area contributed by atoms with Gasteiger partial charge in [-0.2, -0.15) is 0 Å². The number of nitrogen functional groups attached to an aromatic ring is 1. The fourth-order valence-electron chi connectivity index (χ4n) is 2.01. The van der Waals surface area contributed by atoms with Gasteiger partial charge < -0.3 is 5.73 Å². The zero-order valence-corrected chi connectivity index (χ0v) is 12.1. The smallest absolute Gasteiger partial charge is 0.130 e. The van der Waals surface area contributed by atoms with Crippen molar-refractivity contribution in [3.05, 3.63) is 46.1 Å². The first-order valence-electron chi connectivity index (χ1n) is 6.19. The summed E-state index contributed by atoms with van der Waals surface area (Å²) in [6.07, 6.45) is 4.27. The summed E-state index contributed by atoms with van der Waals surface area (Å²) in [5, 5.41) is 0.492. The molecular formula is C14H17ClN4. The summed E-state index contributed by atoms with van der Waals surface area (Å²) in [5.41, 5.74) is 9.14. The number of anilines is 1. The molecule has 0 fully saturated rings. The lowest BCUT2D eigenvalue weighted by atomic mass is 9.95. The molecule has 0 atom stereocenters. The number of hydrogen-bond donors (Lipinski definition) is 1. The first-order valence-corrected chi connectivity index (χ1v) is 6.57. The van der Waals surface area contributed by atoms with E-state index in [2.05, 4.69) is 28.8 Å². The van der Waals surface area contributed by atoms with E-state index in [9.17, 15) is 0 Å². The highest BCUT2D eigenvalue weighted by Gasteiger charge is 2.11. The van der Waals surface area contributed by atoms with Crippen molar-refractivity contribution in [2.45, 2.75) is 33.1 Å². The van der Waals surface area contributed by atoms with Crippen molar-refractivity contribution >= 4 is 17.4 Å². The topological polar surface area (TPSA) is 64.7 Å². The van der Waals surface area contributed by atoms with Crippen molar-refractivity contribution in [2.75, 3.05) is 5.73 Å². The minimum Gasteiger partial charge on any atom is -0.383 e. The molecule has 5 heteroatoms. The number of nitrogens with two attached hydrogens (primary N) is 1. The Balaban J connectivity index is 2.39. The van der Waals surface area contributed by atoms with Gasteiger partial charge in [0.2, 0.25) is 0 Å². The molecule has 0 bridgehead atoms. The molecule has 0 radical (unpaired) electrons. The zero-order valence-electron chi connectivity index (χ0n) is 11.3. The van der Waals surface area contributed by atoms with E-state index in [4.69, 9.17) is 17.3 Å². The molecule has 0 spiro atoms. The molecule has 2 heterocycles. The summed E-state index contributed by atoms with van der Waals surface area (Å²) >= 11 is 5.98. The van der Waals surface area contributed by atoms with E-state index >= 15 is 0 Å². The Morgan fingerprint density at radius 3 is 2.58 bits per heavy atom. The predicted molar refractivity (Wildman–Crippen MR) is 77.3 cm³/mol. The molecule has 4 nitrogen and oxygen atoms in total. The average Bonchev–Trinajstić information content (AvgIpc) is 2.32. The summed E-state index contributed by atoms with van der Waals surface area (Å²) < 4.78 is 0. The normalized spacial score (nSPS) is 11.0. The molecule has 100 valence electrons. The molecule has 2 N–H and O–H groups in total. The maximum Gasteiger partial charge on any atom is 0.130 e. The quantitative estimate of drug-likeness (QED) is 0.875. The van der Waals surface area contributed by atoms with Crippen molar-refractivity contribution < 1.29 is 0 Å².